The molecule has 1 aliphatic rings. The number of ether oxygens (including phenoxy) is 1. The van der Waals surface area contributed by atoms with Gasteiger partial charge >= 0.3 is 0 Å². The largest absolute Gasteiger partial charge is 0.489 e. The van der Waals surface area contributed by atoms with Gasteiger partial charge in [-0.05, 0) is 13.3 Å². The predicted molar refractivity (Wildman–Crippen MR) is 64.0 cm³/mol. The van der Waals surface area contributed by atoms with Gasteiger partial charge in [0.05, 0.1) is 6.61 Å². The molecular weight excluding hydrogens is 216 g/mol. The third kappa shape index (κ3) is 1.78. The number of fused-ring (bicyclic) bond motifs is 1. The summed E-state index contributed by atoms with van der Waals surface area (Å²) >= 11 is 0. The number of hydrogen-bond acceptors (Lipinski definition) is 3. The van der Waals surface area contributed by atoms with Crippen LogP contribution < -0.4 is 0 Å². The van der Waals surface area contributed by atoms with Crippen LogP contribution in [0.4, 0.5) is 0 Å². The van der Waals surface area contributed by atoms with Crippen molar-refractivity contribution in [2.24, 2.45) is 0 Å². The lowest BCUT2D eigenvalue weighted by atomic mass is 9.87. The molecule has 0 aliphatic heterocycles. The number of rotatable bonds is 3. The SMILES string of the molecule is CCOC1=C(CC)C(=O)c2ccccc2C1=O. The van der Waals surface area contributed by atoms with Crippen LogP contribution in [0.3, 0.4) is 0 Å². The first-order valence-corrected chi connectivity index (χ1v) is 5.75. The molecule has 0 unspecified atom stereocenters. The Balaban J connectivity index is 2.60. The van der Waals surface area contributed by atoms with Crippen molar-refractivity contribution in [3.8, 4) is 0 Å². The van der Waals surface area contributed by atoms with E-state index in [0.29, 0.717) is 29.7 Å². The van der Waals surface area contributed by atoms with Crippen LogP contribution in [0, 0.1) is 0 Å². The smallest absolute Gasteiger partial charge is 0.228 e. The van der Waals surface area contributed by atoms with Gasteiger partial charge in [-0.2, -0.15) is 0 Å². The molecule has 0 spiro atoms. The van der Waals surface area contributed by atoms with E-state index in [1.165, 1.54) is 0 Å². The highest BCUT2D eigenvalue weighted by Crippen LogP contribution is 2.28. The fourth-order valence-corrected chi connectivity index (χ4v) is 2.02. The van der Waals surface area contributed by atoms with Crippen molar-refractivity contribution in [1.82, 2.24) is 0 Å². The molecule has 3 heteroatoms. The average Bonchev–Trinajstić information content (AvgIpc) is 2.36. The Kier molecular flexibility index (Phi) is 3.09. The second-order valence-electron chi connectivity index (χ2n) is 3.80. The van der Waals surface area contributed by atoms with Crippen LogP contribution in [0.1, 0.15) is 41.0 Å². The van der Waals surface area contributed by atoms with Crippen LogP contribution in [0.2, 0.25) is 0 Å². The maximum Gasteiger partial charge on any atom is 0.228 e. The topological polar surface area (TPSA) is 43.4 Å². The summed E-state index contributed by atoms with van der Waals surface area (Å²) in [6.07, 6.45) is 0.508. The number of ketones is 2. The summed E-state index contributed by atoms with van der Waals surface area (Å²) in [5, 5.41) is 0. The highest BCUT2D eigenvalue weighted by molar-refractivity contribution is 6.26. The minimum absolute atomic E-state index is 0.0915. The second kappa shape index (κ2) is 4.53. The van der Waals surface area contributed by atoms with E-state index >= 15 is 0 Å². The number of hydrogen-bond donors (Lipinski definition) is 0. The maximum atomic E-state index is 12.2. The fraction of sp³-hybridized carbons (Fsp3) is 0.286. The standard InChI is InChI=1S/C14H14O3/c1-3-9-12(15)10-7-5-6-8-11(10)13(16)14(9)17-4-2/h5-8H,3-4H2,1-2H3. The van der Waals surface area contributed by atoms with Crippen molar-refractivity contribution in [1.29, 1.82) is 0 Å². The van der Waals surface area contributed by atoms with E-state index in [2.05, 4.69) is 0 Å². The van der Waals surface area contributed by atoms with Gasteiger partial charge in [0.15, 0.2) is 11.5 Å². The van der Waals surface area contributed by atoms with E-state index in [1.54, 1.807) is 31.2 Å². The van der Waals surface area contributed by atoms with E-state index in [1.807, 2.05) is 6.92 Å². The van der Waals surface area contributed by atoms with Gasteiger partial charge in [0.1, 0.15) is 0 Å². The molecule has 1 aromatic rings. The van der Waals surface area contributed by atoms with Crippen molar-refractivity contribution in [3.63, 3.8) is 0 Å². The first-order valence-electron chi connectivity index (χ1n) is 5.75. The molecule has 0 N–H and O–H groups in total. The highest BCUT2D eigenvalue weighted by atomic mass is 16.5. The Morgan fingerprint density at radius 3 is 2.12 bits per heavy atom. The van der Waals surface area contributed by atoms with Crippen LogP contribution in [0.15, 0.2) is 35.6 Å². The molecular formula is C14H14O3. The number of allylic oxidation sites excluding steroid dienone is 2. The molecule has 3 nitrogen and oxygen atoms in total. The van der Waals surface area contributed by atoms with Crippen LogP contribution in [0.25, 0.3) is 0 Å². The molecule has 0 radical (unpaired) electrons. The van der Waals surface area contributed by atoms with E-state index in [9.17, 15) is 9.59 Å². The Bertz CT molecular complexity index is 512. The number of benzene rings is 1. The highest BCUT2D eigenvalue weighted by Gasteiger charge is 2.31. The predicted octanol–water partition coefficient (Wildman–Crippen LogP) is 2.77. The molecule has 0 fully saturated rings. The lowest BCUT2D eigenvalue weighted by Gasteiger charge is -2.19. The zero-order valence-corrected chi connectivity index (χ0v) is 9.95. The van der Waals surface area contributed by atoms with Gasteiger partial charge < -0.3 is 4.74 Å². The van der Waals surface area contributed by atoms with Crippen molar-refractivity contribution in [2.75, 3.05) is 6.61 Å². The van der Waals surface area contributed by atoms with Crippen LogP contribution in [-0.4, -0.2) is 18.2 Å². The molecule has 17 heavy (non-hydrogen) atoms. The van der Waals surface area contributed by atoms with E-state index in [-0.39, 0.29) is 17.3 Å². The maximum absolute atomic E-state index is 12.2. The molecule has 0 saturated carbocycles. The molecule has 0 atom stereocenters. The lowest BCUT2D eigenvalue weighted by Crippen LogP contribution is -2.23. The quantitative estimate of drug-likeness (QED) is 0.801. The first-order chi connectivity index (χ1) is 8.20. The normalized spacial score (nSPS) is 14.9. The molecule has 88 valence electrons. The molecule has 0 bridgehead atoms. The fourth-order valence-electron chi connectivity index (χ4n) is 2.02. The van der Waals surface area contributed by atoms with Gasteiger partial charge in [0.2, 0.25) is 5.78 Å². The zero-order valence-electron chi connectivity index (χ0n) is 9.95. The summed E-state index contributed by atoms with van der Waals surface area (Å²) in [5.74, 6) is -0.0521. The van der Waals surface area contributed by atoms with Gasteiger partial charge in [0.25, 0.3) is 0 Å². The van der Waals surface area contributed by atoms with Gasteiger partial charge in [-0.15, -0.1) is 0 Å². The van der Waals surface area contributed by atoms with Crippen molar-refractivity contribution < 1.29 is 14.3 Å². The molecule has 0 amide bonds. The summed E-state index contributed by atoms with van der Waals surface area (Å²) < 4.78 is 5.34. The number of carbonyl (C=O) groups is 2. The second-order valence-corrected chi connectivity index (χ2v) is 3.80. The molecule has 1 aliphatic carbocycles. The van der Waals surface area contributed by atoms with E-state index in [0.717, 1.165) is 0 Å². The van der Waals surface area contributed by atoms with Crippen LogP contribution >= 0.6 is 0 Å². The Hall–Kier alpha value is -1.90. The van der Waals surface area contributed by atoms with Gasteiger partial charge in [-0.3, -0.25) is 9.59 Å². The monoisotopic (exact) mass is 230 g/mol. The van der Waals surface area contributed by atoms with Crippen LogP contribution in [-0.2, 0) is 4.74 Å². The molecule has 0 heterocycles. The first kappa shape index (κ1) is 11.6. The molecule has 2 rings (SSSR count). The zero-order chi connectivity index (χ0) is 12.4. The van der Waals surface area contributed by atoms with Gasteiger partial charge in [-0.1, -0.05) is 31.2 Å². The summed E-state index contributed by atoms with van der Waals surface area (Å²) in [7, 11) is 0. The molecule has 0 saturated heterocycles. The summed E-state index contributed by atoms with van der Waals surface area (Å²) in [6, 6.07) is 6.88. The Morgan fingerprint density at radius 2 is 1.59 bits per heavy atom. The van der Waals surface area contributed by atoms with Crippen molar-refractivity contribution in [2.45, 2.75) is 20.3 Å². The lowest BCUT2D eigenvalue weighted by molar-refractivity contribution is 0.0878. The van der Waals surface area contributed by atoms with Crippen molar-refractivity contribution in [3.05, 3.63) is 46.7 Å². The van der Waals surface area contributed by atoms with Crippen LogP contribution in [0.5, 0.6) is 0 Å². The number of Topliss-reactive ketones (excluding diaryl/α,β-unsaturated/α-hetero) is 2. The van der Waals surface area contributed by atoms with E-state index < -0.39 is 0 Å². The third-order valence-electron chi connectivity index (χ3n) is 2.81. The van der Waals surface area contributed by atoms with Crippen molar-refractivity contribution >= 4 is 11.6 Å². The Labute approximate surface area is 100 Å². The third-order valence-corrected chi connectivity index (χ3v) is 2.81. The summed E-state index contributed by atoms with van der Waals surface area (Å²) in [4.78, 5) is 24.4. The minimum atomic E-state index is -0.182. The minimum Gasteiger partial charge on any atom is -0.489 e. The summed E-state index contributed by atoms with van der Waals surface area (Å²) in [6.45, 7) is 4.05. The summed E-state index contributed by atoms with van der Waals surface area (Å²) in [5.41, 5.74) is 1.41. The van der Waals surface area contributed by atoms with Gasteiger partial charge in [0, 0.05) is 16.7 Å². The molecule has 0 aromatic heterocycles. The van der Waals surface area contributed by atoms with Gasteiger partial charge in [-0.25, -0.2) is 0 Å². The number of carbonyl (C=O) groups excluding carboxylic acids is 2. The Morgan fingerprint density at radius 1 is 1.00 bits per heavy atom. The molecule has 1 aromatic carbocycles. The average molecular weight is 230 g/mol. The van der Waals surface area contributed by atoms with E-state index in [4.69, 9.17) is 4.74 Å².